The highest BCUT2D eigenvalue weighted by molar-refractivity contribution is 6.36. The fraction of sp³-hybridized carbons (Fsp3) is 0.294. The zero-order valence-electron chi connectivity index (χ0n) is 12.0. The van der Waals surface area contributed by atoms with E-state index in [1.807, 2.05) is 12.1 Å². The zero-order chi connectivity index (χ0) is 15.4. The van der Waals surface area contributed by atoms with Gasteiger partial charge in [-0.2, -0.15) is 0 Å². The third-order valence-electron chi connectivity index (χ3n) is 3.76. The number of nitrogens with one attached hydrogen (secondary N) is 1. The van der Waals surface area contributed by atoms with Gasteiger partial charge in [0.05, 0.1) is 10.7 Å². The Labute approximate surface area is 140 Å². The van der Waals surface area contributed by atoms with E-state index in [0.29, 0.717) is 16.1 Å². The minimum Gasteiger partial charge on any atom is -0.314 e. The third-order valence-corrected chi connectivity index (χ3v) is 4.31. The van der Waals surface area contributed by atoms with Crippen LogP contribution < -0.4 is 5.32 Å². The van der Waals surface area contributed by atoms with Crippen LogP contribution >= 0.6 is 23.2 Å². The molecule has 2 heterocycles. The first kappa shape index (κ1) is 15.5. The van der Waals surface area contributed by atoms with E-state index in [2.05, 4.69) is 27.7 Å². The molecule has 1 N–H and O–H groups in total. The van der Waals surface area contributed by atoms with E-state index in [9.17, 15) is 0 Å². The van der Waals surface area contributed by atoms with Gasteiger partial charge in [0.1, 0.15) is 0 Å². The minimum absolute atomic E-state index is 0.576. The van der Waals surface area contributed by atoms with Gasteiger partial charge in [-0.05, 0) is 44.0 Å². The summed E-state index contributed by atoms with van der Waals surface area (Å²) < 4.78 is 0. The van der Waals surface area contributed by atoms with E-state index in [1.54, 1.807) is 18.3 Å². The maximum absolute atomic E-state index is 6.28. The summed E-state index contributed by atoms with van der Waals surface area (Å²) in [6, 6.07) is 5.98. The van der Waals surface area contributed by atoms with Gasteiger partial charge in [-0.3, -0.25) is 0 Å². The van der Waals surface area contributed by atoms with Crippen molar-refractivity contribution >= 4 is 29.3 Å². The van der Waals surface area contributed by atoms with Crippen molar-refractivity contribution in [1.29, 1.82) is 0 Å². The second-order valence-corrected chi connectivity index (χ2v) is 6.17. The summed E-state index contributed by atoms with van der Waals surface area (Å²) in [4.78, 5) is 8.26. The Morgan fingerprint density at radius 1 is 1.36 bits per heavy atom. The van der Waals surface area contributed by atoms with Crippen LogP contribution in [0.3, 0.4) is 0 Å². The first-order valence-corrected chi connectivity index (χ1v) is 8.08. The van der Waals surface area contributed by atoms with E-state index < -0.39 is 0 Å². The number of hydrogen-bond acceptors (Lipinski definition) is 3. The van der Waals surface area contributed by atoms with Crippen molar-refractivity contribution in [3.8, 4) is 11.3 Å². The number of aromatic nitrogens is 2. The average molecular weight is 333 g/mol. The lowest BCUT2D eigenvalue weighted by atomic mass is 10.1. The molecule has 3 rings (SSSR count). The van der Waals surface area contributed by atoms with Crippen LogP contribution in [0.15, 0.2) is 30.5 Å². The predicted molar refractivity (Wildman–Crippen MR) is 91.0 cm³/mol. The van der Waals surface area contributed by atoms with Gasteiger partial charge in [0.25, 0.3) is 0 Å². The van der Waals surface area contributed by atoms with Crippen molar-refractivity contribution in [2.24, 2.45) is 0 Å². The lowest BCUT2D eigenvalue weighted by molar-refractivity contribution is 0.615. The molecular weight excluding hydrogens is 317 g/mol. The van der Waals surface area contributed by atoms with Gasteiger partial charge in [0.15, 0.2) is 6.33 Å². The molecule has 22 heavy (non-hydrogen) atoms. The summed E-state index contributed by atoms with van der Waals surface area (Å²) in [6.45, 7) is 1.12. The molecule has 0 bridgehead atoms. The Kier molecular flexibility index (Phi) is 5.08. The van der Waals surface area contributed by atoms with Crippen LogP contribution in [-0.4, -0.2) is 22.6 Å². The van der Waals surface area contributed by atoms with Crippen LogP contribution in [0.25, 0.3) is 17.3 Å². The quantitative estimate of drug-likeness (QED) is 0.901. The van der Waals surface area contributed by atoms with E-state index in [1.165, 1.54) is 12.8 Å². The summed E-state index contributed by atoms with van der Waals surface area (Å²) in [5, 5.41) is 4.66. The highest BCUT2D eigenvalue weighted by Crippen LogP contribution is 2.31. The van der Waals surface area contributed by atoms with Gasteiger partial charge >= 0.3 is 0 Å². The van der Waals surface area contributed by atoms with Gasteiger partial charge in [0.2, 0.25) is 0 Å². The first-order valence-electron chi connectivity index (χ1n) is 7.32. The molecule has 1 aromatic carbocycles. The van der Waals surface area contributed by atoms with Crippen LogP contribution in [0.4, 0.5) is 0 Å². The maximum Gasteiger partial charge on any atom is 0.198 e. The van der Waals surface area contributed by atoms with E-state index in [0.717, 1.165) is 29.8 Å². The topological polar surface area (TPSA) is 37.8 Å². The molecule has 0 amide bonds. The van der Waals surface area contributed by atoms with Crippen LogP contribution in [0.5, 0.6) is 0 Å². The first-order chi connectivity index (χ1) is 10.7. The molecule has 1 aliphatic rings. The molecule has 1 aliphatic heterocycles. The van der Waals surface area contributed by atoms with Crippen LogP contribution in [-0.2, 0) is 0 Å². The number of hydrogen-bond donors (Lipinski definition) is 1. The average Bonchev–Trinajstić information content (AvgIpc) is 3.01. The third kappa shape index (κ3) is 3.67. The summed E-state index contributed by atoms with van der Waals surface area (Å²) in [5.74, 6) is 0. The molecule has 3 nitrogen and oxygen atoms in total. The van der Waals surface area contributed by atoms with Crippen molar-refractivity contribution in [3.63, 3.8) is 0 Å². The van der Waals surface area contributed by atoms with Gasteiger partial charge in [-0.1, -0.05) is 35.4 Å². The highest BCUT2D eigenvalue weighted by Gasteiger charge is 2.12. The summed E-state index contributed by atoms with van der Waals surface area (Å²) in [6.07, 6.45) is 12.1. The second kappa shape index (κ2) is 7.23. The Morgan fingerprint density at radius 2 is 2.27 bits per heavy atom. The lowest BCUT2D eigenvalue weighted by Gasteiger charge is -2.08. The van der Waals surface area contributed by atoms with Crippen LogP contribution in [0.1, 0.15) is 24.8 Å². The Morgan fingerprint density at radius 3 is 3.05 bits per heavy atom. The van der Waals surface area contributed by atoms with Crippen LogP contribution in [0.2, 0.25) is 10.0 Å². The molecule has 1 aromatic heterocycles. The summed E-state index contributed by atoms with van der Waals surface area (Å²) in [5.41, 5.74) is 2.54. The van der Waals surface area contributed by atoms with E-state index in [-0.39, 0.29) is 0 Å². The smallest absolute Gasteiger partial charge is 0.198 e. The zero-order valence-corrected chi connectivity index (χ0v) is 13.5. The molecule has 1 saturated heterocycles. The number of benzene rings is 1. The molecular formula is C17H16Cl2N3. The van der Waals surface area contributed by atoms with Gasteiger partial charge in [-0.15, -0.1) is 0 Å². The highest BCUT2D eigenvalue weighted by atomic mass is 35.5. The molecule has 0 spiro atoms. The molecule has 1 atom stereocenters. The summed E-state index contributed by atoms with van der Waals surface area (Å²) >= 11 is 12.2. The second-order valence-electron chi connectivity index (χ2n) is 5.33. The van der Waals surface area contributed by atoms with Crippen molar-refractivity contribution in [2.45, 2.75) is 25.3 Å². The summed E-state index contributed by atoms with van der Waals surface area (Å²) in [7, 11) is 0. The molecule has 0 aliphatic carbocycles. The van der Waals surface area contributed by atoms with Crippen molar-refractivity contribution < 1.29 is 0 Å². The van der Waals surface area contributed by atoms with Gasteiger partial charge in [0, 0.05) is 28.4 Å². The molecule has 0 saturated carbocycles. The predicted octanol–water partition coefficient (Wildman–Crippen LogP) is 4.41. The van der Waals surface area contributed by atoms with Crippen LogP contribution in [0, 0.1) is 6.33 Å². The fourth-order valence-electron chi connectivity index (χ4n) is 2.64. The number of halogens is 2. The monoisotopic (exact) mass is 332 g/mol. The standard InChI is InChI=1S/C17H16Cl2N3/c18-13-6-7-15(16(19)9-13)17-12(10-20-11-22-17)3-1-4-14-5-2-8-21-14/h1,3,6-7,9-10,14,21H,2,4-5,8H2/b3-1+. The molecule has 5 heteroatoms. The van der Waals surface area contributed by atoms with Crippen molar-refractivity contribution in [2.75, 3.05) is 6.54 Å². The Balaban J connectivity index is 1.84. The Hall–Kier alpha value is -1.42. The van der Waals surface area contributed by atoms with Crippen molar-refractivity contribution in [3.05, 3.63) is 52.4 Å². The molecule has 1 fully saturated rings. The number of rotatable bonds is 4. The molecule has 2 aromatic rings. The molecule has 1 radical (unpaired) electrons. The van der Waals surface area contributed by atoms with E-state index >= 15 is 0 Å². The maximum atomic E-state index is 6.28. The van der Waals surface area contributed by atoms with E-state index in [4.69, 9.17) is 23.2 Å². The Bertz CT molecular complexity index is 679. The molecule has 113 valence electrons. The van der Waals surface area contributed by atoms with Crippen molar-refractivity contribution in [1.82, 2.24) is 15.3 Å². The SMILES string of the molecule is Clc1ccc(-c2n[c]ncc2/C=C/CC2CCCN2)c(Cl)c1. The van der Waals surface area contributed by atoms with Gasteiger partial charge < -0.3 is 5.32 Å². The number of nitrogens with zero attached hydrogens (tertiary/aromatic N) is 2. The van der Waals surface area contributed by atoms with Gasteiger partial charge in [-0.25, -0.2) is 9.97 Å². The minimum atomic E-state index is 0.576. The largest absolute Gasteiger partial charge is 0.314 e. The normalized spacial score (nSPS) is 18.2. The molecule has 1 unspecified atom stereocenters. The lowest BCUT2D eigenvalue weighted by Crippen LogP contribution is -2.19. The fourth-order valence-corrected chi connectivity index (χ4v) is 3.14.